The van der Waals surface area contributed by atoms with E-state index in [1.807, 2.05) is 0 Å². The average molecular weight is 283 g/mol. The van der Waals surface area contributed by atoms with Crippen LogP contribution in [0.3, 0.4) is 0 Å². The molecule has 20 heavy (non-hydrogen) atoms. The summed E-state index contributed by atoms with van der Waals surface area (Å²) in [6.07, 6.45) is -4.39. The molecule has 0 fully saturated rings. The summed E-state index contributed by atoms with van der Waals surface area (Å²) in [5, 5.41) is 0. The molecule has 106 valence electrons. The van der Waals surface area contributed by atoms with Crippen LogP contribution in [0.4, 0.5) is 17.6 Å². The summed E-state index contributed by atoms with van der Waals surface area (Å²) in [5.41, 5.74) is 6.71. The summed E-state index contributed by atoms with van der Waals surface area (Å²) in [4.78, 5) is 0. The lowest BCUT2D eigenvalue weighted by molar-refractivity contribution is -0.137. The Labute approximate surface area is 114 Å². The Bertz CT molecular complexity index is 602. The molecule has 1 atom stereocenters. The SMILES string of the molecule is Cc1ccc(F)c(C(N)c2ccc(C(F)(F)F)cc2)c1. The van der Waals surface area contributed by atoms with Crippen molar-refractivity contribution in [1.82, 2.24) is 0 Å². The zero-order chi connectivity index (χ0) is 14.9. The first-order chi connectivity index (χ1) is 9.29. The van der Waals surface area contributed by atoms with Gasteiger partial charge in [0.1, 0.15) is 5.82 Å². The summed E-state index contributed by atoms with van der Waals surface area (Å²) in [6, 6.07) is 8.15. The van der Waals surface area contributed by atoms with E-state index in [1.54, 1.807) is 19.1 Å². The summed E-state index contributed by atoms with van der Waals surface area (Å²) >= 11 is 0. The van der Waals surface area contributed by atoms with Crippen LogP contribution in [0.1, 0.15) is 28.3 Å². The molecular weight excluding hydrogens is 270 g/mol. The topological polar surface area (TPSA) is 26.0 Å². The van der Waals surface area contributed by atoms with E-state index in [2.05, 4.69) is 0 Å². The van der Waals surface area contributed by atoms with Crippen LogP contribution in [-0.4, -0.2) is 0 Å². The van der Waals surface area contributed by atoms with Crippen LogP contribution in [0.5, 0.6) is 0 Å². The van der Waals surface area contributed by atoms with Crippen LogP contribution < -0.4 is 5.73 Å². The molecule has 2 N–H and O–H groups in total. The lowest BCUT2D eigenvalue weighted by atomic mass is 9.97. The van der Waals surface area contributed by atoms with Crippen molar-refractivity contribution in [3.63, 3.8) is 0 Å². The normalized spacial score (nSPS) is 13.3. The van der Waals surface area contributed by atoms with E-state index >= 15 is 0 Å². The number of nitrogens with two attached hydrogens (primary N) is 1. The van der Waals surface area contributed by atoms with Crippen molar-refractivity contribution in [2.75, 3.05) is 0 Å². The fraction of sp³-hybridized carbons (Fsp3) is 0.200. The minimum Gasteiger partial charge on any atom is -0.320 e. The number of aryl methyl sites for hydroxylation is 1. The standard InChI is InChI=1S/C15H13F4N/c1-9-2-7-13(16)12(8-9)14(20)10-3-5-11(6-4-10)15(17,18)19/h2-8,14H,20H2,1H3. The number of benzene rings is 2. The van der Waals surface area contributed by atoms with Gasteiger partial charge in [-0.05, 0) is 30.7 Å². The summed E-state index contributed by atoms with van der Waals surface area (Å²) in [5.74, 6) is -0.469. The highest BCUT2D eigenvalue weighted by Crippen LogP contribution is 2.31. The quantitative estimate of drug-likeness (QED) is 0.821. The van der Waals surface area contributed by atoms with Gasteiger partial charge in [-0.25, -0.2) is 4.39 Å². The van der Waals surface area contributed by atoms with Gasteiger partial charge < -0.3 is 5.73 Å². The number of hydrogen-bond donors (Lipinski definition) is 1. The third kappa shape index (κ3) is 2.99. The second-order valence-electron chi connectivity index (χ2n) is 4.62. The highest BCUT2D eigenvalue weighted by Gasteiger charge is 2.30. The first-order valence-corrected chi connectivity index (χ1v) is 5.98. The van der Waals surface area contributed by atoms with Crippen molar-refractivity contribution in [3.8, 4) is 0 Å². The Morgan fingerprint density at radius 3 is 2.15 bits per heavy atom. The zero-order valence-corrected chi connectivity index (χ0v) is 10.7. The van der Waals surface area contributed by atoms with Gasteiger partial charge in [0.05, 0.1) is 11.6 Å². The molecule has 1 unspecified atom stereocenters. The van der Waals surface area contributed by atoms with Crippen LogP contribution in [0.2, 0.25) is 0 Å². The Morgan fingerprint density at radius 2 is 1.60 bits per heavy atom. The fourth-order valence-electron chi connectivity index (χ4n) is 1.96. The van der Waals surface area contributed by atoms with Crippen LogP contribution >= 0.6 is 0 Å². The molecule has 2 aromatic rings. The molecule has 0 aliphatic heterocycles. The molecule has 0 aliphatic carbocycles. The molecule has 0 spiro atoms. The molecule has 0 saturated carbocycles. The summed E-state index contributed by atoms with van der Waals surface area (Å²) in [7, 11) is 0. The molecule has 0 aromatic heterocycles. The molecular formula is C15H13F4N. The summed E-state index contributed by atoms with van der Waals surface area (Å²) < 4.78 is 51.1. The van der Waals surface area contributed by atoms with Crippen molar-refractivity contribution >= 4 is 0 Å². The Morgan fingerprint density at radius 1 is 1.00 bits per heavy atom. The van der Waals surface area contributed by atoms with E-state index < -0.39 is 23.6 Å². The molecule has 0 heterocycles. The minimum atomic E-state index is -4.39. The van der Waals surface area contributed by atoms with E-state index in [1.165, 1.54) is 18.2 Å². The van der Waals surface area contributed by atoms with Crippen LogP contribution in [0.15, 0.2) is 42.5 Å². The predicted octanol–water partition coefficient (Wildman–Crippen LogP) is 4.20. The van der Waals surface area contributed by atoms with Gasteiger partial charge in [0.2, 0.25) is 0 Å². The largest absolute Gasteiger partial charge is 0.416 e. The Balaban J connectivity index is 2.34. The number of hydrogen-bond acceptors (Lipinski definition) is 1. The Kier molecular flexibility index (Phi) is 3.81. The van der Waals surface area contributed by atoms with Gasteiger partial charge in [-0.2, -0.15) is 13.2 Å². The molecule has 0 radical (unpaired) electrons. The minimum absolute atomic E-state index is 0.268. The van der Waals surface area contributed by atoms with E-state index in [4.69, 9.17) is 5.73 Å². The highest BCUT2D eigenvalue weighted by molar-refractivity contribution is 5.36. The summed E-state index contributed by atoms with van der Waals surface area (Å²) in [6.45, 7) is 1.79. The van der Waals surface area contributed by atoms with E-state index in [0.717, 1.165) is 17.7 Å². The third-order valence-electron chi connectivity index (χ3n) is 3.08. The van der Waals surface area contributed by atoms with Gasteiger partial charge in [0.15, 0.2) is 0 Å². The van der Waals surface area contributed by atoms with Gasteiger partial charge in [-0.15, -0.1) is 0 Å². The van der Waals surface area contributed by atoms with Crippen molar-refractivity contribution in [1.29, 1.82) is 0 Å². The average Bonchev–Trinajstić information content (AvgIpc) is 2.40. The van der Waals surface area contributed by atoms with E-state index in [9.17, 15) is 17.6 Å². The maximum atomic E-state index is 13.7. The lowest BCUT2D eigenvalue weighted by Crippen LogP contribution is -2.14. The first kappa shape index (κ1) is 14.5. The van der Waals surface area contributed by atoms with Gasteiger partial charge in [0, 0.05) is 5.56 Å². The maximum absolute atomic E-state index is 13.7. The Hall–Kier alpha value is -1.88. The van der Waals surface area contributed by atoms with Gasteiger partial charge in [0.25, 0.3) is 0 Å². The molecule has 0 saturated heterocycles. The molecule has 0 bridgehead atoms. The second-order valence-corrected chi connectivity index (χ2v) is 4.62. The predicted molar refractivity (Wildman–Crippen MR) is 68.6 cm³/mol. The van der Waals surface area contributed by atoms with Crippen LogP contribution in [-0.2, 0) is 6.18 Å². The highest BCUT2D eigenvalue weighted by atomic mass is 19.4. The lowest BCUT2D eigenvalue weighted by Gasteiger charge is -2.15. The number of rotatable bonds is 2. The van der Waals surface area contributed by atoms with Gasteiger partial charge in [-0.1, -0.05) is 29.8 Å². The monoisotopic (exact) mass is 283 g/mol. The third-order valence-corrected chi connectivity index (χ3v) is 3.08. The van der Waals surface area contributed by atoms with Crippen LogP contribution in [0.25, 0.3) is 0 Å². The van der Waals surface area contributed by atoms with Crippen molar-refractivity contribution in [3.05, 3.63) is 70.5 Å². The van der Waals surface area contributed by atoms with E-state index in [-0.39, 0.29) is 5.56 Å². The van der Waals surface area contributed by atoms with Crippen molar-refractivity contribution in [2.45, 2.75) is 19.1 Å². The van der Waals surface area contributed by atoms with Crippen LogP contribution in [0, 0.1) is 12.7 Å². The van der Waals surface area contributed by atoms with Crippen molar-refractivity contribution < 1.29 is 17.6 Å². The van der Waals surface area contributed by atoms with E-state index in [0.29, 0.717) is 5.56 Å². The van der Waals surface area contributed by atoms with Gasteiger partial charge in [-0.3, -0.25) is 0 Å². The number of alkyl halides is 3. The first-order valence-electron chi connectivity index (χ1n) is 5.98. The maximum Gasteiger partial charge on any atom is 0.416 e. The fourth-order valence-corrected chi connectivity index (χ4v) is 1.96. The molecule has 1 nitrogen and oxygen atoms in total. The number of halogens is 4. The molecule has 0 aliphatic rings. The van der Waals surface area contributed by atoms with Crippen molar-refractivity contribution in [2.24, 2.45) is 5.73 Å². The smallest absolute Gasteiger partial charge is 0.320 e. The van der Waals surface area contributed by atoms with Gasteiger partial charge >= 0.3 is 6.18 Å². The molecule has 0 amide bonds. The second kappa shape index (κ2) is 5.25. The molecule has 2 aromatic carbocycles. The molecule has 2 rings (SSSR count). The zero-order valence-electron chi connectivity index (χ0n) is 10.7. The molecule has 5 heteroatoms.